The van der Waals surface area contributed by atoms with Crippen LogP contribution in [-0.2, 0) is 10.0 Å². The van der Waals surface area contributed by atoms with Crippen molar-refractivity contribution in [3.8, 4) is 0 Å². The van der Waals surface area contributed by atoms with Crippen LogP contribution in [0.3, 0.4) is 0 Å². The summed E-state index contributed by atoms with van der Waals surface area (Å²) in [5.41, 5.74) is 9.45. The second kappa shape index (κ2) is 4.82. The lowest BCUT2D eigenvalue weighted by molar-refractivity contribution is 0.600. The second-order valence-electron chi connectivity index (χ2n) is 4.88. The minimum absolute atomic E-state index is 0.190. The van der Waals surface area contributed by atoms with Crippen LogP contribution in [-0.4, -0.2) is 18.6 Å². The van der Waals surface area contributed by atoms with Gasteiger partial charge in [-0.05, 0) is 51.0 Å². The summed E-state index contributed by atoms with van der Waals surface area (Å²) in [5, 5.41) is 6.72. The van der Waals surface area contributed by atoms with E-state index in [0.717, 1.165) is 5.56 Å². The van der Waals surface area contributed by atoms with Gasteiger partial charge in [0.05, 0.1) is 22.0 Å². The summed E-state index contributed by atoms with van der Waals surface area (Å²) in [5.74, 6) is 0. The molecule has 108 valence electrons. The summed E-state index contributed by atoms with van der Waals surface area (Å²) >= 11 is 0. The van der Waals surface area contributed by atoms with Crippen LogP contribution in [0, 0.1) is 27.7 Å². The van der Waals surface area contributed by atoms with Gasteiger partial charge in [-0.2, -0.15) is 5.10 Å². The van der Waals surface area contributed by atoms with Crippen molar-refractivity contribution < 1.29 is 8.42 Å². The highest BCUT2D eigenvalue weighted by molar-refractivity contribution is 7.92. The number of aryl methyl sites for hydroxylation is 3. The third-order valence-electron chi connectivity index (χ3n) is 3.30. The zero-order valence-electron chi connectivity index (χ0n) is 11.9. The van der Waals surface area contributed by atoms with Gasteiger partial charge < -0.3 is 5.73 Å². The van der Waals surface area contributed by atoms with Gasteiger partial charge in [-0.3, -0.25) is 9.82 Å². The van der Waals surface area contributed by atoms with E-state index >= 15 is 0 Å². The molecule has 0 atom stereocenters. The van der Waals surface area contributed by atoms with Crippen molar-refractivity contribution in [2.45, 2.75) is 32.6 Å². The van der Waals surface area contributed by atoms with Crippen LogP contribution >= 0.6 is 0 Å². The summed E-state index contributed by atoms with van der Waals surface area (Å²) in [6.45, 7) is 7.09. The first-order chi connectivity index (χ1) is 9.22. The van der Waals surface area contributed by atoms with Gasteiger partial charge >= 0.3 is 0 Å². The van der Waals surface area contributed by atoms with Gasteiger partial charge in [0.15, 0.2) is 0 Å². The van der Waals surface area contributed by atoms with Crippen molar-refractivity contribution in [1.82, 2.24) is 10.2 Å². The maximum atomic E-state index is 12.5. The predicted molar refractivity (Wildman–Crippen MR) is 79.2 cm³/mol. The van der Waals surface area contributed by atoms with Crippen LogP contribution in [0.25, 0.3) is 0 Å². The molecule has 0 saturated carbocycles. The maximum Gasteiger partial charge on any atom is 0.262 e. The standard InChI is InChI=1S/C13H18N4O2S/c1-7-5-11(14)6-12(8(7)2)20(18,19)17-13-9(3)15-16-10(13)4/h5-6,17H,14H2,1-4H3,(H,15,16). The molecule has 0 radical (unpaired) electrons. The lowest BCUT2D eigenvalue weighted by Crippen LogP contribution is -2.16. The minimum Gasteiger partial charge on any atom is -0.399 e. The number of anilines is 2. The van der Waals surface area contributed by atoms with E-state index in [1.165, 1.54) is 6.07 Å². The molecule has 0 fully saturated rings. The molecule has 1 heterocycles. The molecule has 0 spiro atoms. The van der Waals surface area contributed by atoms with Crippen molar-refractivity contribution in [2.75, 3.05) is 10.5 Å². The molecule has 0 aliphatic rings. The number of aromatic nitrogens is 2. The summed E-state index contributed by atoms with van der Waals surface area (Å²) < 4.78 is 27.6. The van der Waals surface area contributed by atoms with E-state index in [9.17, 15) is 8.42 Å². The largest absolute Gasteiger partial charge is 0.399 e. The van der Waals surface area contributed by atoms with Crippen molar-refractivity contribution in [3.05, 3.63) is 34.6 Å². The van der Waals surface area contributed by atoms with Crippen LogP contribution in [0.15, 0.2) is 17.0 Å². The highest BCUT2D eigenvalue weighted by Crippen LogP contribution is 2.26. The number of H-pyrrole nitrogens is 1. The number of rotatable bonds is 3. The average molecular weight is 294 g/mol. The number of hydrogen-bond acceptors (Lipinski definition) is 4. The Morgan fingerprint density at radius 3 is 2.40 bits per heavy atom. The van der Waals surface area contributed by atoms with Crippen LogP contribution in [0.5, 0.6) is 0 Å². The molecule has 0 aliphatic heterocycles. The summed E-state index contributed by atoms with van der Waals surface area (Å²) in [7, 11) is -3.69. The molecular formula is C13H18N4O2S. The van der Waals surface area contributed by atoms with Gasteiger partial charge in [0, 0.05) is 5.69 Å². The van der Waals surface area contributed by atoms with E-state index < -0.39 is 10.0 Å². The number of hydrogen-bond donors (Lipinski definition) is 3. The Balaban J connectivity index is 2.52. The number of nitrogen functional groups attached to an aromatic ring is 1. The highest BCUT2D eigenvalue weighted by atomic mass is 32.2. The molecule has 0 amide bonds. The van der Waals surface area contributed by atoms with Crippen molar-refractivity contribution in [1.29, 1.82) is 0 Å². The fourth-order valence-corrected chi connectivity index (χ4v) is 3.56. The zero-order valence-corrected chi connectivity index (χ0v) is 12.7. The summed E-state index contributed by atoms with van der Waals surface area (Å²) in [6.07, 6.45) is 0. The minimum atomic E-state index is -3.69. The number of nitrogens with zero attached hydrogens (tertiary/aromatic N) is 1. The molecule has 2 aromatic rings. The number of aromatic amines is 1. The van der Waals surface area contributed by atoms with Gasteiger partial charge in [-0.1, -0.05) is 0 Å². The first kappa shape index (κ1) is 14.4. The lowest BCUT2D eigenvalue weighted by atomic mass is 10.1. The smallest absolute Gasteiger partial charge is 0.262 e. The van der Waals surface area contributed by atoms with Crippen molar-refractivity contribution in [3.63, 3.8) is 0 Å². The number of sulfonamides is 1. The first-order valence-corrected chi connectivity index (χ1v) is 7.62. The van der Waals surface area contributed by atoms with Gasteiger partial charge in [0.2, 0.25) is 0 Å². The Labute approximate surface area is 118 Å². The average Bonchev–Trinajstić information content (AvgIpc) is 2.65. The van der Waals surface area contributed by atoms with E-state index in [1.54, 1.807) is 26.8 Å². The SMILES string of the molecule is Cc1cc(N)cc(S(=O)(=O)Nc2c(C)n[nH]c2C)c1C. The quantitative estimate of drug-likeness (QED) is 0.754. The Morgan fingerprint density at radius 2 is 1.85 bits per heavy atom. The Kier molecular flexibility index (Phi) is 3.47. The fraction of sp³-hybridized carbons (Fsp3) is 0.308. The zero-order chi connectivity index (χ0) is 15.1. The Hall–Kier alpha value is -2.02. The molecule has 20 heavy (non-hydrogen) atoms. The third-order valence-corrected chi connectivity index (χ3v) is 4.77. The summed E-state index contributed by atoms with van der Waals surface area (Å²) in [6, 6.07) is 3.22. The van der Waals surface area contributed by atoms with Gasteiger partial charge in [-0.25, -0.2) is 8.42 Å². The van der Waals surface area contributed by atoms with E-state index in [4.69, 9.17) is 5.73 Å². The maximum absolute atomic E-state index is 12.5. The molecule has 1 aromatic carbocycles. The van der Waals surface area contributed by atoms with Gasteiger partial charge in [0.25, 0.3) is 10.0 Å². The monoisotopic (exact) mass is 294 g/mol. The Bertz CT molecular complexity index is 743. The number of nitrogens with one attached hydrogen (secondary N) is 2. The molecule has 0 unspecified atom stereocenters. The number of benzene rings is 1. The van der Waals surface area contributed by atoms with Crippen molar-refractivity contribution in [2.24, 2.45) is 0 Å². The molecule has 0 bridgehead atoms. The van der Waals surface area contributed by atoms with Crippen LogP contribution in [0.2, 0.25) is 0 Å². The lowest BCUT2D eigenvalue weighted by Gasteiger charge is -2.13. The fourth-order valence-electron chi connectivity index (χ4n) is 2.02. The molecule has 0 aliphatic carbocycles. The molecule has 6 nitrogen and oxygen atoms in total. The van der Waals surface area contributed by atoms with Crippen LogP contribution < -0.4 is 10.5 Å². The molecule has 1 aromatic heterocycles. The predicted octanol–water partition coefficient (Wildman–Crippen LogP) is 2.03. The summed E-state index contributed by atoms with van der Waals surface area (Å²) in [4.78, 5) is 0.190. The molecule has 2 rings (SSSR count). The van der Waals surface area contributed by atoms with Crippen molar-refractivity contribution >= 4 is 21.4 Å². The van der Waals surface area contributed by atoms with Crippen LogP contribution in [0.4, 0.5) is 11.4 Å². The second-order valence-corrected chi connectivity index (χ2v) is 6.53. The van der Waals surface area contributed by atoms with Gasteiger partial charge in [-0.15, -0.1) is 0 Å². The molecular weight excluding hydrogens is 276 g/mol. The van der Waals surface area contributed by atoms with Gasteiger partial charge in [0.1, 0.15) is 0 Å². The van der Waals surface area contributed by atoms with Crippen LogP contribution in [0.1, 0.15) is 22.5 Å². The number of nitrogens with two attached hydrogens (primary N) is 1. The molecule has 0 saturated heterocycles. The highest BCUT2D eigenvalue weighted by Gasteiger charge is 2.21. The molecule has 4 N–H and O–H groups in total. The topological polar surface area (TPSA) is 101 Å². The van der Waals surface area contributed by atoms with E-state index in [1.807, 2.05) is 6.92 Å². The molecule has 7 heteroatoms. The van der Waals surface area contributed by atoms with E-state index in [2.05, 4.69) is 14.9 Å². The Morgan fingerprint density at radius 1 is 1.20 bits per heavy atom. The van der Waals surface area contributed by atoms with E-state index in [-0.39, 0.29) is 4.90 Å². The first-order valence-electron chi connectivity index (χ1n) is 6.13. The third kappa shape index (κ3) is 2.49. The normalized spacial score (nSPS) is 11.6. The van der Waals surface area contributed by atoms with E-state index in [0.29, 0.717) is 28.3 Å².